The first-order chi connectivity index (χ1) is 9.26. The van der Waals surface area contributed by atoms with Crippen LogP contribution in [0.15, 0.2) is 4.99 Å². The molecule has 0 bridgehead atoms. The number of halogens is 1. The van der Waals surface area contributed by atoms with E-state index >= 15 is 0 Å². The number of esters is 1. The summed E-state index contributed by atoms with van der Waals surface area (Å²) in [6.07, 6.45) is 7.22. The molecule has 0 aromatic rings. The summed E-state index contributed by atoms with van der Waals surface area (Å²) >= 11 is 0. The fourth-order valence-electron chi connectivity index (χ4n) is 1.77. The number of hydrogen-bond acceptors (Lipinski definition) is 3. The van der Waals surface area contributed by atoms with Gasteiger partial charge in [0.2, 0.25) is 0 Å². The molecule has 6 heteroatoms. The minimum Gasteiger partial charge on any atom is -0.469 e. The molecule has 1 saturated carbocycles. The van der Waals surface area contributed by atoms with E-state index in [1.54, 1.807) is 0 Å². The van der Waals surface area contributed by atoms with Crippen molar-refractivity contribution in [1.82, 2.24) is 10.6 Å². The van der Waals surface area contributed by atoms with E-state index in [2.05, 4.69) is 27.3 Å². The van der Waals surface area contributed by atoms with Crippen molar-refractivity contribution in [3.8, 4) is 0 Å². The normalized spacial score (nSPS) is 14.4. The highest BCUT2D eigenvalue weighted by molar-refractivity contribution is 14.0. The van der Waals surface area contributed by atoms with E-state index in [-0.39, 0.29) is 29.9 Å². The molecule has 1 aliphatic carbocycles. The summed E-state index contributed by atoms with van der Waals surface area (Å²) in [5, 5.41) is 6.65. The number of nitrogens with one attached hydrogen (secondary N) is 2. The van der Waals surface area contributed by atoms with Gasteiger partial charge < -0.3 is 15.4 Å². The van der Waals surface area contributed by atoms with Gasteiger partial charge in [-0.2, -0.15) is 0 Å². The number of guanidine groups is 1. The van der Waals surface area contributed by atoms with Gasteiger partial charge >= 0.3 is 5.97 Å². The molecule has 0 spiro atoms. The van der Waals surface area contributed by atoms with E-state index < -0.39 is 0 Å². The number of carbonyl (C=O) groups is 1. The Kier molecular flexibility index (Phi) is 11.9. The monoisotopic (exact) mass is 397 g/mol. The number of unbranched alkanes of at least 4 members (excludes halogenated alkanes) is 3. The van der Waals surface area contributed by atoms with E-state index in [1.807, 2.05) is 0 Å². The van der Waals surface area contributed by atoms with Gasteiger partial charge in [-0.05, 0) is 32.6 Å². The molecule has 2 N–H and O–H groups in total. The van der Waals surface area contributed by atoms with Crippen LogP contribution in [0.1, 0.15) is 51.9 Å². The summed E-state index contributed by atoms with van der Waals surface area (Å²) in [6.45, 7) is 3.83. The molecule has 0 heterocycles. The Hall–Kier alpha value is -0.530. The van der Waals surface area contributed by atoms with Crippen molar-refractivity contribution in [2.75, 3.05) is 20.2 Å². The van der Waals surface area contributed by atoms with Crippen molar-refractivity contribution in [2.24, 2.45) is 4.99 Å². The lowest BCUT2D eigenvalue weighted by molar-refractivity contribution is -0.140. The standard InChI is InChI=1S/C14H27N3O2.HI/c1-3-15-14(17-12-9-10-12)16-11-7-5-4-6-8-13(18)19-2;/h12H,3-11H2,1-2H3,(H2,15,16,17);1H. The summed E-state index contributed by atoms with van der Waals surface area (Å²) < 4.78 is 4.60. The first kappa shape index (κ1) is 19.5. The third-order valence-electron chi connectivity index (χ3n) is 3.05. The van der Waals surface area contributed by atoms with E-state index in [4.69, 9.17) is 0 Å². The second-order valence-electron chi connectivity index (χ2n) is 4.92. The number of hydrogen-bond donors (Lipinski definition) is 2. The van der Waals surface area contributed by atoms with E-state index in [9.17, 15) is 4.79 Å². The van der Waals surface area contributed by atoms with Crippen molar-refractivity contribution in [3.63, 3.8) is 0 Å². The largest absolute Gasteiger partial charge is 0.469 e. The Morgan fingerprint density at radius 3 is 2.55 bits per heavy atom. The predicted octanol–water partition coefficient (Wildman–Crippen LogP) is 2.45. The van der Waals surface area contributed by atoms with Gasteiger partial charge in [-0.25, -0.2) is 0 Å². The van der Waals surface area contributed by atoms with Crippen molar-refractivity contribution in [1.29, 1.82) is 0 Å². The van der Waals surface area contributed by atoms with Crippen LogP contribution in [0.25, 0.3) is 0 Å². The predicted molar refractivity (Wildman–Crippen MR) is 92.7 cm³/mol. The van der Waals surface area contributed by atoms with Crippen molar-refractivity contribution < 1.29 is 9.53 Å². The number of methoxy groups -OCH3 is 1. The third kappa shape index (κ3) is 10.3. The summed E-state index contributed by atoms with van der Waals surface area (Å²) in [5.74, 6) is 0.834. The van der Waals surface area contributed by atoms with Crippen LogP contribution in [0, 0.1) is 0 Å². The van der Waals surface area contributed by atoms with Crippen LogP contribution in [-0.2, 0) is 9.53 Å². The average Bonchev–Trinajstić information content (AvgIpc) is 3.21. The first-order valence-corrected chi connectivity index (χ1v) is 7.38. The average molecular weight is 397 g/mol. The Bertz CT molecular complexity index is 294. The molecule has 1 aliphatic rings. The zero-order valence-electron chi connectivity index (χ0n) is 12.6. The molecule has 5 nitrogen and oxygen atoms in total. The van der Waals surface area contributed by atoms with Crippen LogP contribution in [0.3, 0.4) is 0 Å². The molecule has 0 aromatic carbocycles. The van der Waals surface area contributed by atoms with E-state index in [0.29, 0.717) is 12.5 Å². The fraction of sp³-hybridized carbons (Fsp3) is 0.857. The van der Waals surface area contributed by atoms with Crippen molar-refractivity contribution in [3.05, 3.63) is 0 Å². The second kappa shape index (κ2) is 12.2. The molecular weight excluding hydrogens is 369 g/mol. The Morgan fingerprint density at radius 2 is 1.95 bits per heavy atom. The summed E-state index contributed by atoms with van der Waals surface area (Å²) in [6, 6.07) is 0.637. The highest BCUT2D eigenvalue weighted by Gasteiger charge is 2.21. The maximum Gasteiger partial charge on any atom is 0.305 e. The van der Waals surface area contributed by atoms with Gasteiger partial charge in [-0.3, -0.25) is 9.79 Å². The van der Waals surface area contributed by atoms with E-state index in [0.717, 1.165) is 44.7 Å². The smallest absolute Gasteiger partial charge is 0.305 e. The molecule has 1 rings (SSSR count). The van der Waals surface area contributed by atoms with Gasteiger partial charge in [0.25, 0.3) is 0 Å². The maximum absolute atomic E-state index is 10.9. The van der Waals surface area contributed by atoms with Crippen molar-refractivity contribution >= 4 is 35.9 Å². The van der Waals surface area contributed by atoms with Gasteiger partial charge in [0, 0.05) is 25.6 Å². The lowest BCUT2D eigenvalue weighted by Crippen LogP contribution is -2.38. The van der Waals surface area contributed by atoms with E-state index in [1.165, 1.54) is 20.0 Å². The maximum atomic E-state index is 10.9. The first-order valence-electron chi connectivity index (χ1n) is 7.38. The Balaban J connectivity index is 0.00000361. The van der Waals surface area contributed by atoms with Gasteiger partial charge in [-0.1, -0.05) is 12.8 Å². The number of ether oxygens (including phenoxy) is 1. The molecule has 0 saturated heterocycles. The van der Waals surface area contributed by atoms with Gasteiger partial charge in [0.1, 0.15) is 0 Å². The van der Waals surface area contributed by atoms with Crippen LogP contribution < -0.4 is 10.6 Å². The fourth-order valence-corrected chi connectivity index (χ4v) is 1.77. The number of rotatable bonds is 9. The molecule has 0 unspecified atom stereocenters. The SMILES string of the molecule is CCNC(=NCCCCCCC(=O)OC)NC1CC1.I. The molecule has 1 fully saturated rings. The molecule has 0 radical (unpaired) electrons. The number of carbonyl (C=O) groups excluding carboxylic acids is 1. The van der Waals surface area contributed by atoms with Crippen LogP contribution in [-0.4, -0.2) is 38.2 Å². The van der Waals surface area contributed by atoms with Crippen LogP contribution in [0.2, 0.25) is 0 Å². The summed E-state index contributed by atoms with van der Waals surface area (Å²) in [5.41, 5.74) is 0. The van der Waals surface area contributed by atoms with Gasteiger partial charge in [0.15, 0.2) is 5.96 Å². The molecule has 118 valence electrons. The minimum atomic E-state index is -0.110. The molecule has 0 aromatic heterocycles. The van der Waals surface area contributed by atoms with Crippen LogP contribution in [0.4, 0.5) is 0 Å². The second-order valence-corrected chi connectivity index (χ2v) is 4.92. The third-order valence-corrected chi connectivity index (χ3v) is 3.05. The quantitative estimate of drug-likeness (QED) is 0.206. The lowest BCUT2D eigenvalue weighted by atomic mass is 10.1. The zero-order chi connectivity index (χ0) is 13.9. The summed E-state index contributed by atoms with van der Waals surface area (Å²) in [7, 11) is 1.44. The molecule has 0 aliphatic heterocycles. The molecule has 0 amide bonds. The molecular formula is C14H28IN3O2. The summed E-state index contributed by atoms with van der Waals surface area (Å²) in [4.78, 5) is 15.5. The van der Waals surface area contributed by atoms with Gasteiger partial charge in [-0.15, -0.1) is 24.0 Å². The molecule has 20 heavy (non-hydrogen) atoms. The Labute approximate surface area is 139 Å². The lowest BCUT2D eigenvalue weighted by Gasteiger charge is -2.09. The topological polar surface area (TPSA) is 62.7 Å². The number of nitrogens with zero attached hydrogens (tertiary/aromatic N) is 1. The molecule has 0 atom stereocenters. The minimum absolute atomic E-state index is 0. The highest BCUT2D eigenvalue weighted by Crippen LogP contribution is 2.18. The zero-order valence-corrected chi connectivity index (χ0v) is 14.9. The Morgan fingerprint density at radius 1 is 1.25 bits per heavy atom. The van der Waals surface area contributed by atoms with Crippen LogP contribution in [0.5, 0.6) is 0 Å². The highest BCUT2D eigenvalue weighted by atomic mass is 127. The number of aliphatic imine (C=N–C) groups is 1. The van der Waals surface area contributed by atoms with Crippen molar-refractivity contribution in [2.45, 2.75) is 57.9 Å². The van der Waals surface area contributed by atoms with Gasteiger partial charge in [0.05, 0.1) is 7.11 Å². The van der Waals surface area contributed by atoms with Crippen LogP contribution >= 0.6 is 24.0 Å².